The second kappa shape index (κ2) is 7.59. The number of fused-ring (bicyclic) bond motifs is 2. The maximum absolute atomic E-state index is 6.03. The molecule has 0 aromatic carbocycles. The van der Waals surface area contributed by atoms with E-state index >= 15 is 0 Å². The SMILES string of the molecule is c1ccn2c(C3CCN(Cc4nnc(-c5cc6c(s5)CCCC6)o4)CC3)nnc2c1. The van der Waals surface area contributed by atoms with Crippen LogP contribution in [-0.2, 0) is 19.4 Å². The molecule has 2 aliphatic rings. The summed E-state index contributed by atoms with van der Waals surface area (Å²) in [6.07, 6.45) is 9.14. The third-order valence-corrected chi connectivity index (χ3v) is 7.55. The van der Waals surface area contributed by atoms with E-state index in [0.717, 1.165) is 42.3 Å². The van der Waals surface area contributed by atoms with E-state index in [9.17, 15) is 0 Å². The maximum atomic E-state index is 6.03. The number of likely N-dealkylation sites (tertiary alicyclic amines) is 1. The molecule has 30 heavy (non-hydrogen) atoms. The summed E-state index contributed by atoms with van der Waals surface area (Å²) in [4.78, 5) is 5.02. The van der Waals surface area contributed by atoms with Crippen molar-refractivity contribution in [2.24, 2.45) is 0 Å². The highest BCUT2D eigenvalue weighted by atomic mass is 32.1. The average Bonchev–Trinajstić information content (AvgIpc) is 3.52. The molecule has 1 aliphatic heterocycles. The van der Waals surface area contributed by atoms with E-state index in [0.29, 0.717) is 24.2 Å². The van der Waals surface area contributed by atoms with Crippen LogP contribution >= 0.6 is 11.3 Å². The van der Waals surface area contributed by atoms with E-state index in [1.54, 1.807) is 0 Å². The minimum atomic E-state index is 0.439. The van der Waals surface area contributed by atoms with Crippen LogP contribution in [0.2, 0.25) is 0 Å². The quantitative estimate of drug-likeness (QED) is 0.495. The van der Waals surface area contributed by atoms with Gasteiger partial charge in [0, 0.05) is 17.0 Å². The summed E-state index contributed by atoms with van der Waals surface area (Å²) in [5.41, 5.74) is 2.40. The van der Waals surface area contributed by atoms with E-state index < -0.39 is 0 Å². The zero-order valence-corrected chi connectivity index (χ0v) is 17.6. The maximum Gasteiger partial charge on any atom is 0.257 e. The molecule has 0 unspecified atom stereocenters. The van der Waals surface area contributed by atoms with E-state index in [1.807, 2.05) is 29.5 Å². The predicted octanol–water partition coefficient (Wildman–Crippen LogP) is 4.10. The van der Waals surface area contributed by atoms with Gasteiger partial charge in [-0.05, 0) is 75.4 Å². The largest absolute Gasteiger partial charge is 0.419 e. The minimum absolute atomic E-state index is 0.439. The standard InChI is InChI=1S/C22H24N6OS/c1-2-6-17-16(5-1)13-18(30-17)22-26-24-20(29-22)14-27-11-8-15(9-12-27)21-25-23-19-7-3-4-10-28(19)21/h3-4,7,10,13,15H,1-2,5-6,8-9,11-12,14H2. The molecule has 1 fully saturated rings. The molecular formula is C22H24N6OS. The second-order valence-electron chi connectivity index (χ2n) is 8.30. The van der Waals surface area contributed by atoms with Crippen molar-refractivity contribution in [1.29, 1.82) is 0 Å². The number of piperidine rings is 1. The smallest absolute Gasteiger partial charge is 0.257 e. The fraction of sp³-hybridized carbons (Fsp3) is 0.455. The van der Waals surface area contributed by atoms with Crippen molar-refractivity contribution in [3.05, 3.63) is 52.6 Å². The molecule has 4 aromatic heterocycles. The van der Waals surface area contributed by atoms with Gasteiger partial charge in [-0.1, -0.05) is 6.07 Å². The van der Waals surface area contributed by atoms with Gasteiger partial charge in [0.15, 0.2) is 5.65 Å². The number of hydrogen-bond acceptors (Lipinski definition) is 7. The third kappa shape index (κ3) is 3.33. The molecule has 154 valence electrons. The summed E-state index contributed by atoms with van der Waals surface area (Å²) in [5, 5.41) is 17.4. The van der Waals surface area contributed by atoms with Crippen molar-refractivity contribution in [2.75, 3.05) is 13.1 Å². The van der Waals surface area contributed by atoms with Crippen LogP contribution in [0.25, 0.3) is 16.4 Å². The molecule has 0 radical (unpaired) electrons. The summed E-state index contributed by atoms with van der Waals surface area (Å²) in [7, 11) is 0. The van der Waals surface area contributed by atoms with Crippen LogP contribution in [0, 0.1) is 0 Å². The van der Waals surface area contributed by atoms with Crippen LogP contribution in [0.15, 0.2) is 34.9 Å². The lowest BCUT2D eigenvalue weighted by Gasteiger charge is -2.30. The Kier molecular flexibility index (Phi) is 4.61. The highest BCUT2D eigenvalue weighted by molar-refractivity contribution is 7.15. The molecule has 5 heterocycles. The Balaban J connectivity index is 1.10. The summed E-state index contributed by atoms with van der Waals surface area (Å²) in [5.74, 6) is 2.90. The van der Waals surface area contributed by atoms with Gasteiger partial charge >= 0.3 is 0 Å². The molecule has 0 saturated carbocycles. The van der Waals surface area contributed by atoms with Crippen molar-refractivity contribution in [1.82, 2.24) is 29.7 Å². The topological polar surface area (TPSA) is 72.3 Å². The molecule has 6 rings (SSSR count). The Morgan fingerprint density at radius 3 is 2.83 bits per heavy atom. The van der Waals surface area contributed by atoms with Gasteiger partial charge < -0.3 is 4.42 Å². The third-order valence-electron chi connectivity index (χ3n) is 6.33. The van der Waals surface area contributed by atoms with Gasteiger partial charge in [-0.25, -0.2) is 0 Å². The number of aromatic nitrogens is 5. The fourth-order valence-corrected chi connectivity index (χ4v) is 5.87. The van der Waals surface area contributed by atoms with Gasteiger partial charge in [-0.3, -0.25) is 9.30 Å². The zero-order valence-electron chi connectivity index (χ0n) is 16.8. The monoisotopic (exact) mass is 420 g/mol. The molecule has 4 aromatic rings. The Hall–Kier alpha value is -2.58. The van der Waals surface area contributed by atoms with Crippen molar-refractivity contribution in [3.63, 3.8) is 0 Å². The van der Waals surface area contributed by atoms with Gasteiger partial charge in [0.05, 0.1) is 11.4 Å². The molecule has 0 N–H and O–H groups in total. The Morgan fingerprint density at radius 2 is 1.93 bits per heavy atom. The van der Waals surface area contributed by atoms with Crippen LogP contribution in [-0.4, -0.2) is 42.8 Å². The van der Waals surface area contributed by atoms with Crippen molar-refractivity contribution in [2.45, 2.75) is 51.0 Å². The number of pyridine rings is 1. The van der Waals surface area contributed by atoms with Gasteiger partial charge in [-0.15, -0.1) is 31.7 Å². The number of aryl methyl sites for hydroxylation is 2. The Bertz CT molecular complexity index is 1150. The minimum Gasteiger partial charge on any atom is -0.419 e. The molecule has 0 bridgehead atoms. The second-order valence-corrected chi connectivity index (χ2v) is 9.44. The summed E-state index contributed by atoms with van der Waals surface area (Å²) in [6.45, 7) is 2.71. The van der Waals surface area contributed by atoms with Crippen LogP contribution in [0.3, 0.4) is 0 Å². The number of rotatable bonds is 4. The lowest BCUT2D eigenvalue weighted by Crippen LogP contribution is -2.33. The van der Waals surface area contributed by atoms with Gasteiger partial charge in [-0.2, -0.15) is 0 Å². The summed E-state index contributed by atoms with van der Waals surface area (Å²) in [6, 6.07) is 8.29. The van der Waals surface area contributed by atoms with Crippen LogP contribution < -0.4 is 0 Å². The number of thiophene rings is 1. The molecule has 0 atom stereocenters. The first-order chi connectivity index (χ1) is 14.8. The Labute approximate surface area is 178 Å². The van der Waals surface area contributed by atoms with Crippen LogP contribution in [0.1, 0.15) is 53.8 Å². The summed E-state index contributed by atoms with van der Waals surface area (Å²) < 4.78 is 8.14. The summed E-state index contributed by atoms with van der Waals surface area (Å²) >= 11 is 1.82. The van der Waals surface area contributed by atoms with Crippen molar-refractivity contribution >= 4 is 17.0 Å². The number of hydrogen-bond donors (Lipinski definition) is 0. The van der Waals surface area contributed by atoms with Crippen molar-refractivity contribution < 1.29 is 4.42 Å². The first-order valence-corrected chi connectivity index (χ1v) is 11.6. The van der Waals surface area contributed by atoms with E-state index in [2.05, 4.69) is 42.0 Å². The lowest BCUT2D eigenvalue weighted by molar-refractivity contribution is 0.185. The molecule has 7 nitrogen and oxygen atoms in total. The Morgan fingerprint density at radius 1 is 1.03 bits per heavy atom. The molecule has 0 spiro atoms. The first-order valence-electron chi connectivity index (χ1n) is 10.8. The van der Waals surface area contributed by atoms with E-state index in [1.165, 1.54) is 36.1 Å². The van der Waals surface area contributed by atoms with E-state index in [-0.39, 0.29) is 0 Å². The molecule has 1 aliphatic carbocycles. The zero-order chi connectivity index (χ0) is 19.9. The van der Waals surface area contributed by atoms with Crippen LogP contribution in [0.5, 0.6) is 0 Å². The molecule has 1 saturated heterocycles. The highest BCUT2D eigenvalue weighted by Gasteiger charge is 2.26. The first kappa shape index (κ1) is 18.2. The van der Waals surface area contributed by atoms with Crippen LogP contribution in [0.4, 0.5) is 0 Å². The lowest BCUT2D eigenvalue weighted by atomic mass is 9.96. The van der Waals surface area contributed by atoms with E-state index in [4.69, 9.17) is 4.42 Å². The normalized spacial score (nSPS) is 18.1. The van der Waals surface area contributed by atoms with Gasteiger partial charge in [0.1, 0.15) is 5.82 Å². The average molecular weight is 421 g/mol. The molecular weight excluding hydrogens is 396 g/mol. The fourth-order valence-electron chi connectivity index (χ4n) is 4.69. The molecule has 8 heteroatoms. The predicted molar refractivity (Wildman–Crippen MR) is 114 cm³/mol. The van der Waals surface area contributed by atoms with Gasteiger partial charge in [0.2, 0.25) is 5.89 Å². The van der Waals surface area contributed by atoms with Crippen molar-refractivity contribution in [3.8, 4) is 10.8 Å². The number of nitrogens with zero attached hydrogens (tertiary/aromatic N) is 6. The van der Waals surface area contributed by atoms with Gasteiger partial charge in [0.25, 0.3) is 5.89 Å². The molecule has 0 amide bonds. The highest BCUT2D eigenvalue weighted by Crippen LogP contribution is 2.35.